The Bertz CT molecular complexity index is 970. The van der Waals surface area contributed by atoms with Gasteiger partial charge in [0, 0.05) is 17.8 Å². The molecule has 0 aliphatic carbocycles. The van der Waals surface area contributed by atoms with Crippen LogP contribution in [-0.2, 0) is 0 Å². The lowest BCUT2D eigenvalue weighted by Gasteiger charge is -2.14. The van der Waals surface area contributed by atoms with Crippen molar-refractivity contribution in [1.82, 2.24) is 15.9 Å². The van der Waals surface area contributed by atoms with Gasteiger partial charge < -0.3 is 10.2 Å². The number of pyridine rings is 1. The average Bonchev–Trinajstić information content (AvgIpc) is 3.15. The Balaban J connectivity index is 1.47. The predicted octanol–water partition coefficient (Wildman–Crippen LogP) is 2.86. The lowest BCUT2D eigenvalue weighted by Crippen LogP contribution is -2.37. The third-order valence-electron chi connectivity index (χ3n) is 3.89. The van der Waals surface area contributed by atoms with Crippen molar-refractivity contribution >= 4 is 16.6 Å². The fourth-order valence-electron chi connectivity index (χ4n) is 2.61. The molecule has 3 aromatic rings. The zero-order valence-corrected chi connectivity index (χ0v) is 13.3. The molecule has 0 unspecified atom stereocenters. The minimum atomic E-state index is 0.397. The first kappa shape index (κ1) is 15.0. The molecular formula is C19H15N5O. The molecule has 2 aromatic carbocycles. The molecule has 25 heavy (non-hydrogen) atoms. The first-order valence-corrected chi connectivity index (χ1v) is 7.82. The van der Waals surface area contributed by atoms with Crippen molar-refractivity contribution < 1.29 is 4.74 Å². The Morgan fingerprint density at radius 3 is 2.76 bits per heavy atom. The molecule has 0 radical (unpaired) electrons. The summed E-state index contributed by atoms with van der Waals surface area (Å²) >= 11 is 0. The van der Waals surface area contributed by atoms with Crippen molar-refractivity contribution in [2.75, 3.05) is 11.6 Å². The zero-order chi connectivity index (χ0) is 17.1. The van der Waals surface area contributed by atoms with Crippen LogP contribution < -0.4 is 20.7 Å². The van der Waals surface area contributed by atoms with Gasteiger partial charge in [-0.05, 0) is 42.5 Å². The second-order valence-corrected chi connectivity index (χ2v) is 5.53. The van der Waals surface area contributed by atoms with E-state index in [9.17, 15) is 0 Å². The summed E-state index contributed by atoms with van der Waals surface area (Å²) in [6.07, 6.45) is 3.67. The first-order valence-electron chi connectivity index (χ1n) is 7.82. The lowest BCUT2D eigenvalue weighted by atomic mass is 10.2. The van der Waals surface area contributed by atoms with Crippen LogP contribution in [0.5, 0.6) is 5.75 Å². The van der Waals surface area contributed by atoms with Crippen LogP contribution in [0.15, 0.2) is 72.7 Å². The van der Waals surface area contributed by atoms with Gasteiger partial charge in [-0.2, -0.15) is 5.26 Å². The van der Waals surface area contributed by atoms with Crippen LogP contribution in [0.25, 0.3) is 10.9 Å². The molecule has 4 rings (SSSR count). The fourth-order valence-corrected chi connectivity index (χ4v) is 2.61. The molecule has 1 aromatic heterocycles. The maximum atomic E-state index is 8.86. The number of nitrogens with one attached hydrogen (secondary N) is 2. The Hall–Kier alpha value is -3.56. The summed E-state index contributed by atoms with van der Waals surface area (Å²) in [7, 11) is 0. The molecule has 0 atom stereocenters. The van der Waals surface area contributed by atoms with Crippen molar-refractivity contribution in [3.8, 4) is 11.8 Å². The van der Waals surface area contributed by atoms with Crippen molar-refractivity contribution in [1.29, 1.82) is 5.26 Å². The topological polar surface area (TPSA) is 73.2 Å². The summed E-state index contributed by atoms with van der Waals surface area (Å²) in [5, 5.41) is 11.7. The molecule has 2 N–H and O–H groups in total. The maximum Gasteiger partial charge on any atom is 0.131 e. The number of rotatable bonds is 4. The molecular weight excluding hydrogens is 314 g/mol. The number of nitriles is 1. The van der Waals surface area contributed by atoms with Crippen molar-refractivity contribution in [2.45, 2.75) is 0 Å². The second-order valence-electron chi connectivity index (χ2n) is 5.53. The highest BCUT2D eigenvalue weighted by atomic mass is 16.5. The van der Waals surface area contributed by atoms with Gasteiger partial charge in [0.25, 0.3) is 0 Å². The third-order valence-corrected chi connectivity index (χ3v) is 3.89. The zero-order valence-electron chi connectivity index (χ0n) is 13.3. The monoisotopic (exact) mass is 329 g/mol. The quantitative estimate of drug-likeness (QED) is 0.767. The van der Waals surface area contributed by atoms with Crippen molar-refractivity contribution in [3.05, 3.63) is 78.3 Å². The minimum Gasteiger partial charge on any atom is -0.487 e. The lowest BCUT2D eigenvalue weighted by molar-refractivity contribution is 0.345. The summed E-state index contributed by atoms with van der Waals surface area (Å²) in [5.74, 6) is 0.796. The largest absolute Gasteiger partial charge is 0.487 e. The molecule has 0 bridgehead atoms. The molecule has 0 saturated heterocycles. The number of para-hydroxylation sites is 1. The van der Waals surface area contributed by atoms with E-state index in [1.807, 2.05) is 53.7 Å². The van der Waals surface area contributed by atoms with E-state index in [1.54, 1.807) is 18.3 Å². The summed E-state index contributed by atoms with van der Waals surface area (Å²) < 4.78 is 5.94. The van der Waals surface area contributed by atoms with Gasteiger partial charge in [0.1, 0.15) is 12.4 Å². The van der Waals surface area contributed by atoms with Crippen LogP contribution in [0.3, 0.4) is 0 Å². The molecule has 0 fully saturated rings. The first-order chi connectivity index (χ1) is 12.3. The van der Waals surface area contributed by atoms with Gasteiger partial charge in [-0.25, -0.2) is 0 Å². The summed E-state index contributed by atoms with van der Waals surface area (Å²) in [4.78, 5) is 4.33. The Labute approximate surface area is 144 Å². The smallest absolute Gasteiger partial charge is 0.131 e. The van der Waals surface area contributed by atoms with E-state index in [0.717, 1.165) is 28.0 Å². The van der Waals surface area contributed by atoms with E-state index in [2.05, 4.69) is 22.0 Å². The van der Waals surface area contributed by atoms with Crippen LogP contribution in [0.1, 0.15) is 5.56 Å². The average molecular weight is 329 g/mol. The summed E-state index contributed by atoms with van der Waals surface area (Å²) in [6, 6.07) is 19.2. The minimum absolute atomic E-state index is 0.397. The SMILES string of the molecule is N#Cc1ccc(N2C=C(COc3ccnc4ccccc34)NN2)cc1. The number of nitrogens with zero attached hydrogens (tertiary/aromatic N) is 3. The number of fused-ring (bicyclic) bond motifs is 1. The van der Waals surface area contributed by atoms with E-state index in [-0.39, 0.29) is 0 Å². The number of benzene rings is 2. The Morgan fingerprint density at radius 1 is 1.08 bits per heavy atom. The number of ether oxygens (including phenoxy) is 1. The molecule has 1 aliphatic rings. The highest BCUT2D eigenvalue weighted by Gasteiger charge is 2.13. The van der Waals surface area contributed by atoms with E-state index in [0.29, 0.717) is 12.2 Å². The van der Waals surface area contributed by atoms with E-state index in [1.165, 1.54) is 0 Å². The van der Waals surface area contributed by atoms with Gasteiger partial charge >= 0.3 is 0 Å². The van der Waals surface area contributed by atoms with Crippen molar-refractivity contribution in [3.63, 3.8) is 0 Å². The van der Waals surface area contributed by atoms with Crippen LogP contribution in [0.4, 0.5) is 5.69 Å². The Morgan fingerprint density at radius 2 is 1.92 bits per heavy atom. The summed E-state index contributed by atoms with van der Waals surface area (Å²) in [6.45, 7) is 0.397. The molecule has 1 aliphatic heterocycles. The highest BCUT2D eigenvalue weighted by Crippen LogP contribution is 2.24. The number of aromatic nitrogens is 1. The highest BCUT2D eigenvalue weighted by molar-refractivity contribution is 5.84. The molecule has 2 heterocycles. The number of hydrazine groups is 2. The number of hydrogen-bond donors (Lipinski definition) is 2. The third kappa shape index (κ3) is 3.09. The number of hydrogen-bond acceptors (Lipinski definition) is 6. The van der Waals surface area contributed by atoms with Gasteiger partial charge in [0.15, 0.2) is 0 Å². The molecule has 0 amide bonds. The van der Waals surface area contributed by atoms with Gasteiger partial charge in [-0.15, -0.1) is 5.53 Å². The van der Waals surface area contributed by atoms with Crippen LogP contribution in [0, 0.1) is 11.3 Å². The molecule has 6 heteroatoms. The standard InChI is InChI=1S/C19H15N5O/c20-11-14-5-7-16(8-6-14)24-12-15(22-23-24)13-25-19-9-10-21-18-4-2-1-3-17(18)19/h1-10,12,22-23H,13H2. The molecule has 122 valence electrons. The molecule has 0 saturated carbocycles. The normalized spacial score (nSPS) is 13.2. The predicted molar refractivity (Wildman–Crippen MR) is 95.2 cm³/mol. The summed E-state index contributed by atoms with van der Waals surface area (Å²) in [5.41, 5.74) is 9.49. The van der Waals surface area contributed by atoms with E-state index in [4.69, 9.17) is 10.00 Å². The maximum absolute atomic E-state index is 8.86. The van der Waals surface area contributed by atoms with Crippen molar-refractivity contribution in [2.24, 2.45) is 0 Å². The van der Waals surface area contributed by atoms with Gasteiger partial charge in [-0.3, -0.25) is 9.99 Å². The Kier molecular flexibility index (Phi) is 3.91. The van der Waals surface area contributed by atoms with Gasteiger partial charge in [0.05, 0.1) is 28.5 Å². The second kappa shape index (κ2) is 6.51. The van der Waals surface area contributed by atoms with Crippen LogP contribution in [0.2, 0.25) is 0 Å². The molecule has 0 spiro atoms. The van der Waals surface area contributed by atoms with Gasteiger partial charge in [0.2, 0.25) is 0 Å². The number of anilines is 1. The van der Waals surface area contributed by atoms with Crippen LogP contribution >= 0.6 is 0 Å². The fraction of sp³-hybridized carbons (Fsp3) is 0.0526. The molecule has 6 nitrogen and oxygen atoms in total. The van der Waals surface area contributed by atoms with E-state index >= 15 is 0 Å². The van der Waals surface area contributed by atoms with E-state index < -0.39 is 0 Å². The van der Waals surface area contributed by atoms with Gasteiger partial charge in [-0.1, -0.05) is 12.1 Å². The van der Waals surface area contributed by atoms with Crippen LogP contribution in [-0.4, -0.2) is 11.6 Å².